The SMILES string of the molecule is Cn1c(OCCO)nc2ccc(C(=O)O)cc21. The molecule has 0 spiro atoms. The molecule has 2 rings (SSSR count). The number of ether oxygens (including phenoxy) is 1. The van der Waals surface area contributed by atoms with Crippen molar-refractivity contribution in [3.05, 3.63) is 23.8 Å². The van der Waals surface area contributed by atoms with E-state index < -0.39 is 5.97 Å². The van der Waals surface area contributed by atoms with Gasteiger partial charge >= 0.3 is 5.97 Å². The molecule has 0 fully saturated rings. The second-order valence-corrected chi connectivity index (χ2v) is 3.53. The fourth-order valence-corrected chi connectivity index (χ4v) is 1.57. The average Bonchev–Trinajstić information content (AvgIpc) is 2.63. The minimum atomic E-state index is -0.981. The van der Waals surface area contributed by atoms with Gasteiger partial charge in [0.25, 0.3) is 6.01 Å². The largest absolute Gasteiger partial charge is 0.478 e. The van der Waals surface area contributed by atoms with Gasteiger partial charge in [-0.25, -0.2) is 4.79 Å². The smallest absolute Gasteiger partial charge is 0.335 e. The van der Waals surface area contributed by atoms with E-state index >= 15 is 0 Å². The number of hydrogen-bond acceptors (Lipinski definition) is 4. The van der Waals surface area contributed by atoms with Gasteiger partial charge in [0.1, 0.15) is 6.61 Å². The molecule has 0 aliphatic carbocycles. The summed E-state index contributed by atoms with van der Waals surface area (Å²) in [6, 6.07) is 5.02. The van der Waals surface area contributed by atoms with Crippen LogP contribution in [0.1, 0.15) is 10.4 Å². The maximum Gasteiger partial charge on any atom is 0.335 e. The highest BCUT2D eigenvalue weighted by Crippen LogP contribution is 2.21. The number of nitrogens with zero attached hydrogens (tertiary/aromatic N) is 2. The molecule has 17 heavy (non-hydrogen) atoms. The van der Waals surface area contributed by atoms with Crippen LogP contribution in [0.4, 0.5) is 0 Å². The van der Waals surface area contributed by atoms with E-state index in [1.807, 2.05) is 0 Å². The Labute approximate surface area is 97.1 Å². The molecular formula is C11H12N2O4. The predicted molar refractivity (Wildman–Crippen MR) is 60.3 cm³/mol. The lowest BCUT2D eigenvalue weighted by Crippen LogP contribution is -2.05. The van der Waals surface area contributed by atoms with Crippen molar-refractivity contribution in [1.29, 1.82) is 0 Å². The molecule has 0 atom stereocenters. The molecule has 0 aliphatic heterocycles. The molecule has 0 unspecified atom stereocenters. The number of aliphatic hydroxyl groups excluding tert-OH is 1. The summed E-state index contributed by atoms with van der Waals surface area (Å²) in [4.78, 5) is 15.0. The Morgan fingerprint density at radius 3 is 2.94 bits per heavy atom. The Morgan fingerprint density at radius 2 is 2.29 bits per heavy atom. The van der Waals surface area contributed by atoms with Crippen LogP contribution < -0.4 is 4.74 Å². The molecule has 0 saturated carbocycles. The minimum Gasteiger partial charge on any atom is -0.478 e. The summed E-state index contributed by atoms with van der Waals surface area (Å²) in [5.74, 6) is -0.981. The number of hydrogen-bond donors (Lipinski definition) is 2. The minimum absolute atomic E-state index is 0.0937. The van der Waals surface area contributed by atoms with Gasteiger partial charge in [-0.1, -0.05) is 0 Å². The number of aromatic nitrogens is 2. The molecule has 2 aromatic rings. The van der Waals surface area contributed by atoms with Crippen molar-refractivity contribution < 1.29 is 19.7 Å². The zero-order valence-electron chi connectivity index (χ0n) is 9.25. The summed E-state index contributed by atoms with van der Waals surface area (Å²) < 4.78 is 6.88. The van der Waals surface area contributed by atoms with Gasteiger partial charge in [0.15, 0.2) is 0 Å². The molecule has 0 bridgehead atoms. The van der Waals surface area contributed by atoms with Gasteiger partial charge in [-0.3, -0.25) is 4.57 Å². The molecule has 6 heteroatoms. The van der Waals surface area contributed by atoms with E-state index in [4.69, 9.17) is 14.9 Å². The number of aryl methyl sites for hydroxylation is 1. The number of carbonyl (C=O) groups is 1. The molecule has 90 valence electrons. The zero-order valence-corrected chi connectivity index (χ0v) is 9.25. The highest BCUT2D eigenvalue weighted by atomic mass is 16.5. The Hall–Kier alpha value is -2.08. The first-order valence-electron chi connectivity index (χ1n) is 5.07. The molecular weight excluding hydrogens is 224 g/mol. The summed E-state index contributed by atoms with van der Waals surface area (Å²) in [5, 5.41) is 17.6. The summed E-state index contributed by atoms with van der Waals surface area (Å²) in [6.45, 7) is 0.0620. The van der Waals surface area contributed by atoms with Crippen molar-refractivity contribution in [1.82, 2.24) is 9.55 Å². The number of imidazole rings is 1. The molecule has 1 heterocycles. The second kappa shape index (κ2) is 4.42. The standard InChI is InChI=1S/C11H12N2O4/c1-13-9-6-7(10(15)16)2-3-8(9)12-11(13)17-5-4-14/h2-3,6,14H,4-5H2,1H3,(H,15,16). The fourth-order valence-electron chi connectivity index (χ4n) is 1.57. The van der Waals surface area contributed by atoms with Crippen LogP contribution in [0.15, 0.2) is 18.2 Å². The number of fused-ring (bicyclic) bond motifs is 1. The molecule has 0 amide bonds. The number of benzene rings is 1. The zero-order chi connectivity index (χ0) is 12.4. The van der Waals surface area contributed by atoms with E-state index in [9.17, 15) is 4.79 Å². The van der Waals surface area contributed by atoms with Crippen molar-refractivity contribution in [2.75, 3.05) is 13.2 Å². The van der Waals surface area contributed by atoms with Crippen molar-refractivity contribution in [2.45, 2.75) is 0 Å². The van der Waals surface area contributed by atoms with Crippen molar-refractivity contribution in [3.63, 3.8) is 0 Å². The van der Waals surface area contributed by atoms with Crippen LogP contribution in [-0.2, 0) is 7.05 Å². The van der Waals surface area contributed by atoms with Gasteiger partial charge in [-0.05, 0) is 18.2 Å². The number of aliphatic hydroxyl groups is 1. The molecule has 2 N–H and O–H groups in total. The molecule has 1 aromatic carbocycles. The first-order valence-corrected chi connectivity index (χ1v) is 5.07. The van der Waals surface area contributed by atoms with Gasteiger partial charge in [0.2, 0.25) is 0 Å². The quantitative estimate of drug-likeness (QED) is 0.813. The predicted octanol–water partition coefficient (Wildman–Crippen LogP) is 0.643. The van der Waals surface area contributed by atoms with Crippen molar-refractivity contribution in [2.24, 2.45) is 7.05 Å². The second-order valence-electron chi connectivity index (χ2n) is 3.53. The van der Waals surface area contributed by atoms with E-state index in [0.29, 0.717) is 17.0 Å². The van der Waals surface area contributed by atoms with Gasteiger partial charge in [-0.15, -0.1) is 0 Å². The van der Waals surface area contributed by atoms with E-state index in [2.05, 4.69) is 4.98 Å². The molecule has 6 nitrogen and oxygen atoms in total. The first-order chi connectivity index (χ1) is 8.13. The third-order valence-corrected chi connectivity index (χ3v) is 2.41. The number of rotatable bonds is 4. The fraction of sp³-hybridized carbons (Fsp3) is 0.273. The van der Waals surface area contributed by atoms with Gasteiger partial charge in [0.05, 0.1) is 23.2 Å². The van der Waals surface area contributed by atoms with E-state index in [0.717, 1.165) is 0 Å². The van der Waals surface area contributed by atoms with Crippen LogP contribution in [0, 0.1) is 0 Å². The third kappa shape index (κ3) is 2.07. The summed E-state index contributed by atoms with van der Waals surface area (Å²) in [5.41, 5.74) is 1.54. The monoisotopic (exact) mass is 236 g/mol. The Balaban J connectivity index is 2.47. The third-order valence-electron chi connectivity index (χ3n) is 2.41. The maximum atomic E-state index is 10.8. The highest BCUT2D eigenvalue weighted by molar-refractivity contribution is 5.92. The van der Waals surface area contributed by atoms with E-state index in [1.165, 1.54) is 12.1 Å². The number of carboxylic acid groups (broad SMARTS) is 1. The van der Waals surface area contributed by atoms with Crippen LogP contribution in [0.5, 0.6) is 6.01 Å². The topological polar surface area (TPSA) is 84.6 Å². The van der Waals surface area contributed by atoms with Crippen LogP contribution in [0.2, 0.25) is 0 Å². The Morgan fingerprint density at radius 1 is 1.53 bits per heavy atom. The average molecular weight is 236 g/mol. The van der Waals surface area contributed by atoms with E-state index in [-0.39, 0.29) is 18.8 Å². The molecule has 1 aromatic heterocycles. The maximum absolute atomic E-state index is 10.8. The highest BCUT2D eigenvalue weighted by Gasteiger charge is 2.11. The molecule has 0 radical (unpaired) electrons. The summed E-state index contributed by atoms with van der Waals surface area (Å²) in [7, 11) is 1.73. The van der Waals surface area contributed by atoms with Gasteiger partial charge < -0.3 is 14.9 Å². The van der Waals surface area contributed by atoms with Crippen LogP contribution in [0.3, 0.4) is 0 Å². The Kier molecular flexibility index (Phi) is 2.97. The van der Waals surface area contributed by atoms with E-state index in [1.54, 1.807) is 17.7 Å². The van der Waals surface area contributed by atoms with Crippen LogP contribution in [0.25, 0.3) is 11.0 Å². The van der Waals surface area contributed by atoms with Crippen LogP contribution >= 0.6 is 0 Å². The lowest BCUT2D eigenvalue weighted by atomic mass is 10.2. The normalized spacial score (nSPS) is 10.7. The summed E-state index contributed by atoms with van der Waals surface area (Å²) >= 11 is 0. The lowest BCUT2D eigenvalue weighted by molar-refractivity contribution is 0.0697. The number of aromatic carboxylic acids is 1. The number of carboxylic acids is 1. The van der Waals surface area contributed by atoms with Gasteiger partial charge in [0, 0.05) is 7.05 Å². The van der Waals surface area contributed by atoms with Crippen molar-refractivity contribution in [3.8, 4) is 6.01 Å². The van der Waals surface area contributed by atoms with Crippen molar-refractivity contribution >= 4 is 17.0 Å². The molecule has 0 saturated heterocycles. The molecule has 0 aliphatic rings. The van der Waals surface area contributed by atoms with Crippen LogP contribution in [-0.4, -0.2) is 38.9 Å². The summed E-state index contributed by atoms with van der Waals surface area (Å²) in [6.07, 6.45) is 0. The lowest BCUT2D eigenvalue weighted by Gasteiger charge is -2.03. The first kappa shape index (κ1) is 11.4. The Bertz CT molecular complexity index is 562. The van der Waals surface area contributed by atoms with Gasteiger partial charge in [-0.2, -0.15) is 4.98 Å².